The van der Waals surface area contributed by atoms with Crippen molar-refractivity contribution in [2.75, 3.05) is 19.6 Å². The van der Waals surface area contributed by atoms with Crippen molar-refractivity contribution >= 4 is 0 Å². The molecule has 70 valence electrons. The number of hydrogen-bond acceptors (Lipinski definition) is 2. The first kappa shape index (κ1) is 8.52. The van der Waals surface area contributed by atoms with Crippen LogP contribution in [0, 0.1) is 0 Å². The predicted octanol–water partition coefficient (Wildman–Crippen LogP) is 1.22. The minimum Gasteiger partial charge on any atom is -0.313 e. The van der Waals surface area contributed by atoms with Crippen LogP contribution in [0.2, 0.25) is 0 Å². The molecule has 0 bridgehead atoms. The second-order valence-corrected chi connectivity index (χ2v) is 4.05. The Hall–Kier alpha value is -0.0800. The second-order valence-electron chi connectivity index (χ2n) is 4.05. The van der Waals surface area contributed by atoms with Crippen LogP contribution in [0.1, 0.15) is 32.6 Å². The zero-order valence-corrected chi connectivity index (χ0v) is 8.05. The Labute approximate surface area is 75.3 Å². The summed E-state index contributed by atoms with van der Waals surface area (Å²) in [6, 6.07) is 1.67. The minimum absolute atomic E-state index is 0.801. The largest absolute Gasteiger partial charge is 0.313 e. The van der Waals surface area contributed by atoms with Crippen molar-refractivity contribution in [2.24, 2.45) is 0 Å². The molecular formula is C10H20N2. The summed E-state index contributed by atoms with van der Waals surface area (Å²) in [6.45, 7) is 6.04. The van der Waals surface area contributed by atoms with Crippen LogP contribution in [-0.4, -0.2) is 36.6 Å². The fourth-order valence-electron chi connectivity index (χ4n) is 2.75. The van der Waals surface area contributed by atoms with Gasteiger partial charge in [-0.05, 0) is 32.4 Å². The number of hydrogen-bond donors (Lipinski definition) is 1. The predicted molar refractivity (Wildman–Crippen MR) is 51.3 cm³/mol. The third-order valence-electron chi connectivity index (χ3n) is 3.32. The van der Waals surface area contributed by atoms with Gasteiger partial charge >= 0.3 is 0 Å². The minimum atomic E-state index is 0.801. The van der Waals surface area contributed by atoms with E-state index in [0.29, 0.717) is 0 Å². The first-order valence-electron chi connectivity index (χ1n) is 5.39. The first-order chi connectivity index (χ1) is 5.92. The van der Waals surface area contributed by atoms with Crippen molar-refractivity contribution in [3.05, 3.63) is 0 Å². The SMILES string of the molecule is CCNC1CCN2CCCCC12. The van der Waals surface area contributed by atoms with E-state index < -0.39 is 0 Å². The number of nitrogens with one attached hydrogen (secondary N) is 1. The van der Waals surface area contributed by atoms with Crippen LogP contribution in [0.3, 0.4) is 0 Å². The lowest BCUT2D eigenvalue weighted by Crippen LogP contribution is -2.44. The number of nitrogens with zero attached hydrogens (tertiary/aromatic N) is 1. The van der Waals surface area contributed by atoms with Gasteiger partial charge in [0.15, 0.2) is 0 Å². The highest BCUT2D eigenvalue weighted by Crippen LogP contribution is 2.26. The molecule has 2 aliphatic rings. The van der Waals surface area contributed by atoms with Crippen molar-refractivity contribution in [1.82, 2.24) is 10.2 Å². The molecule has 0 radical (unpaired) electrons. The van der Waals surface area contributed by atoms with Gasteiger partial charge in [0.05, 0.1) is 0 Å². The molecule has 12 heavy (non-hydrogen) atoms. The Kier molecular flexibility index (Phi) is 2.66. The van der Waals surface area contributed by atoms with E-state index in [0.717, 1.165) is 18.6 Å². The van der Waals surface area contributed by atoms with Gasteiger partial charge in [-0.3, -0.25) is 4.90 Å². The molecule has 0 aromatic carbocycles. The Morgan fingerprint density at radius 2 is 2.17 bits per heavy atom. The van der Waals surface area contributed by atoms with E-state index >= 15 is 0 Å². The van der Waals surface area contributed by atoms with E-state index in [1.165, 1.54) is 38.8 Å². The fourth-order valence-corrected chi connectivity index (χ4v) is 2.75. The zero-order chi connectivity index (χ0) is 8.39. The third kappa shape index (κ3) is 1.50. The van der Waals surface area contributed by atoms with Gasteiger partial charge in [-0.1, -0.05) is 13.3 Å². The summed E-state index contributed by atoms with van der Waals surface area (Å²) in [5.41, 5.74) is 0. The van der Waals surface area contributed by atoms with E-state index in [1.807, 2.05) is 0 Å². The van der Waals surface area contributed by atoms with Crippen LogP contribution >= 0.6 is 0 Å². The summed E-state index contributed by atoms with van der Waals surface area (Å²) < 4.78 is 0. The standard InChI is InChI=1S/C10H20N2/c1-2-11-9-6-8-12-7-4-3-5-10(9)12/h9-11H,2-8H2,1H3. The van der Waals surface area contributed by atoms with Gasteiger partial charge in [-0.15, -0.1) is 0 Å². The molecule has 2 heteroatoms. The molecule has 0 aliphatic carbocycles. The van der Waals surface area contributed by atoms with Gasteiger partial charge in [-0.25, -0.2) is 0 Å². The lowest BCUT2D eigenvalue weighted by atomic mass is 9.99. The molecule has 2 heterocycles. The highest BCUT2D eigenvalue weighted by atomic mass is 15.2. The molecule has 2 saturated heterocycles. The van der Waals surface area contributed by atoms with Crippen molar-refractivity contribution in [1.29, 1.82) is 0 Å². The molecule has 2 unspecified atom stereocenters. The molecular weight excluding hydrogens is 148 g/mol. The maximum atomic E-state index is 3.60. The van der Waals surface area contributed by atoms with Crippen LogP contribution in [0.25, 0.3) is 0 Å². The normalized spacial score (nSPS) is 36.8. The molecule has 0 saturated carbocycles. The van der Waals surface area contributed by atoms with Gasteiger partial charge in [0, 0.05) is 18.6 Å². The molecule has 2 fully saturated rings. The number of rotatable bonds is 2. The molecule has 2 rings (SSSR count). The molecule has 0 aromatic heterocycles. The van der Waals surface area contributed by atoms with Gasteiger partial charge in [-0.2, -0.15) is 0 Å². The number of piperidine rings is 1. The van der Waals surface area contributed by atoms with E-state index in [-0.39, 0.29) is 0 Å². The lowest BCUT2D eigenvalue weighted by molar-refractivity contribution is 0.181. The van der Waals surface area contributed by atoms with Crippen LogP contribution < -0.4 is 5.32 Å². The second kappa shape index (κ2) is 3.75. The fraction of sp³-hybridized carbons (Fsp3) is 1.00. The quantitative estimate of drug-likeness (QED) is 0.667. The summed E-state index contributed by atoms with van der Waals surface area (Å²) in [7, 11) is 0. The molecule has 2 nitrogen and oxygen atoms in total. The van der Waals surface area contributed by atoms with E-state index in [4.69, 9.17) is 0 Å². The summed E-state index contributed by atoms with van der Waals surface area (Å²) in [5.74, 6) is 0. The average Bonchev–Trinajstić information content (AvgIpc) is 2.50. The van der Waals surface area contributed by atoms with Crippen molar-refractivity contribution in [2.45, 2.75) is 44.7 Å². The van der Waals surface area contributed by atoms with Crippen LogP contribution in [-0.2, 0) is 0 Å². The van der Waals surface area contributed by atoms with Gasteiger partial charge in [0.2, 0.25) is 0 Å². The molecule has 2 aliphatic heterocycles. The Morgan fingerprint density at radius 1 is 1.25 bits per heavy atom. The maximum absolute atomic E-state index is 3.60. The van der Waals surface area contributed by atoms with Crippen LogP contribution in [0.5, 0.6) is 0 Å². The smallest absolute Gasteiger partial charge is 0.0249 e. The van der Waals surface area contributed by atoms with Gasteiger partial charge in [0.1, 0.15) is 0 Å². The monoisotopic (exact) mass is 168 g/mol. The van der Waals surface area contributed by atoms with E-state index in [1.54, 1.807) is 0 Å². The highest BCUT2D eigenvalue weighted by Gasteiger charge is 2.34. The van der Waals surface area contributed by atoms with Crippen molar-refractivity contribution in [3.8, 4) is 0 Å². The topological polar surface area (TPSA) is 15.3 Å². The molecule has 1 N–H and O–H groups in total. The highest BCUT2D eigenvalue weighted by molar-refractivity contribution is 4.93. The maximum Gasteiger partial charge on any atom is 0.0249 e. The van der Waals surface area contributed by atoms with Crippen LogP contribution in [0.15, 0.2) is 0 Å². The average molecular weight is 168 g/mol. The summed E-state index contributed by atoms with van der Waals surface area (Å²) >= 11 is 0. The number of fused-ring (bicyclic) bond motifs is 1. The number of likely N-dealkylation sites (N-methyl/N-ethyl adjacent to an activating group) is 1. The third-order valence-corrected chi connectivity index (χ3v) is 3.32. The van der Waals surface area contributed by atoms with Gasteiger partial charge < -0.3 is 5.32 Å². The molecule has 0 aromatic rings. The Morgan fingerprint density at radius 3 is 3.00 bits per heavy atom. The lowest BCUT2D eigenvalue weighted by Gasteiger charge is -2.32. The summed E-state index contributed by atoms with van der Waals surface area (Å²) in [4.78, 5) is 2.68. The van der Waals surface area contributed by atoms with Gasteiger partial charge in [0.25, 0.3) is 0 Å². The molecule has 2 atom stereocenters. The van der Waals surface area contributed by atoms with E-state index in [9.17, 15) is 0 Å². The van der Waals surface area contributed by atoms with Crippen LogP contribution in [0.4, 0.5) is 0 Å². The van der Waals surface area contributed by atoms with E-state index in [2.05, 4.69) is 17.1 Å². The summed E-state index contributed by atoms with van der Waals surface area (Å²) in [6.07, 6.45) is 5.68. The Balaban J connectivity index is 1.92. The Bertz CT molecular complexity index is 147. The zero-order valence-electron chi connectivity index (χ0n) is 8.05. The molecule has 0 amide bonds. The van der Waals surface area contributed by atoms with Crippen molar-refractivity contribution < 1.29 is 0 Å². The first-order valence-corrected chi connectivity index (χ1v) is 5.39. The van der Waals surface area contributed by atoms with Crippen molar-refractivity contribution in [3.63, 3.8) is 0 Å². The summed E-state index contributed by atoms with van der Waals surface area (Å²) in [5, 5.41) is 3.60. The molecule has 0 spiro atoms.